The highest BCUT2D eigenvalue weighted by Crippen LogP contribution is 2.56. The first-order chi connectivity index (χ1) is 10.8. The largest absolute Gasteiger partial charge is 0.369 e. The Morgan fingerprint density at radius 2 is 0.720 bits per heavy atom. The van der Waals surface area contributed by atoms with Crippen LogP contribution in [0.1, 0.15) is 123 Å². The van der Waals surface area contributed by atoms with Gasteiger partial charge in [0, 0.05) is 0 Å². The Labute approximate surface area is 160 Å². The summed E-state index contributed by atoms with van der Waals surface area (Å²) in [7, 11) is 0. The Balaban J connectivity index is 5.79. The van der Waals surface area contributed by atoms with E-state index in [1.54, 1.807) is 0 Å². The van der Waals surface area contributed by atoms with Crippen molar-refractivity contribution in [1.29, 1.82) is 0 Å². The smallest absolute Gasteiger partial charge is 0.0689 e. The Morgan fingerprint density at radius 1 is 0.480 bits per heavy atom. The van der Waals surface area contributed by atoms with Crippen LogP contribution in [-0.2, 0) is 4.74 Å². The van der Waals surface area contributed by atoms with Gasteiger partial charge in [-0.15, -0.1) is 0 Å². The molecule has 0 heterocycles. The minimum atomic E-state index is -0.214. The van der Waals surface area contributed by atoms with Gasteiger partial charge >= 0.3 is 0 Å². The van der Waals surface area contributed by atoms with Crippen molar-refractivity contribution in [3.63, 3.8) is 0 Å². The minimum absolute atomic E-state index is 0.0677. The first-order valence-corrected chi connectivity index (χ1v) is 10.5. The lowest BCUT2D eigenvalue weighted by molar-refractivity contribution is -0.252. The van der Waals surface area contributed by atoms with Gasteiger partial charge in [-0.05, 0) is 62.2 Å². The quantitative estimate of drug-likeness (QED) is 0.383. The zero-order valence-electron chi connectivity index (χ0n) is 20.2. The van der Waals surface area contributed by atoms with Crippen LogP contribution in [0, 0.1) is 21.7 Å². The molecule has 0 unspecified atom stereocenters. The molecule has 0 aliphatic rings. The van der Waals surface area contributed by atoms with Crippen molar-refractivity contribution in [3.8, 4) is 0 Å². The molecule has 0 aliphatic heterocycles. The van der Waals surface area contributed by atoms with Crippen LogP contribution in [0.3, 0.4) is 0 Å². The zero-order valence-corrected chi connectivity index (χ0v) is 20.2. The molecule has 0 aromatic carbocycles. The molecule has 0 amide bonds. The van der Waals surface area contributed by atoms with Crippen LogP contribution < -0.4 is 0 Å². The predicted octanol–water partition coefficient (Wildman–Crippen LogP) is 8.27. The molecule has 0 saturated carbocycles. The van der Waals surface area contributed by atoms with Gasteiger partial charge in [-0.2, -0.15) is 0 Å². The third-order valence-corrected chi connectivity index (χ3v) is 8.65. The highest BCUT2D eigenvalue weighted by Gasteiger charge is 2.55. The summed E-state index contributed by atoms with van der Waals surface area (Å²) in [6.45, 7) is 33.0. The van der Waals surface area contributed by atoms with Gasteiger partial charge < -0.3 is 4.74 Å². The lowest BCUT2D eigenvalue weighted by Gasteiger charge is -2.59. The van der Waals surface area contributed by atoms with Crippen LogP contribution in [0.25, 0.3) is 0 Å². The normalized spacial score (nSPS) is 15.6. The molecule has 0 spiro atoms. The second-order valence-electron chi connectivity index (χ2n) is 11.6. The monoisotopic (exact) mass is 354 g/mol. The summed E-state index contributed by atoms with van der Waals surface area (Å²) in [6.07, 6.45) is 4.87. The number of hydrogen-bond acceptors (Lipinski definition) is 1. The second kappa shape index (κ2) is 7.53. The molecule has 0 radical (unpaired) electrons. The van der Waals surface area contributed by atoms with E-state index in [4.69, 9.17) is 4.74 Å². The van der Waals surface area contributed by atoms with Gasteiger partial charge in [0.2, 0.25) is 0 Å². The SMILES string of the molecule is CCCC(C)(C)C(C)(C)C(C)(C)OC(C)(C)C(C)(C)C(C)(C)CCC. The molecule has 1 heteroatoms. The number of hydrogen-bond donors (Lipinski definition) is 0. The van der Waals surface area contributed by atoms with Crippen molar-refractivity contribution in [2.24, 2.45) is 21.7 Å². The maximum atomic E-state index is 7.02. The van der Waals surface area contributed by atoms with Gasteiger partial charge in [0.1, 0.15) is 0 Å². The van der Waals surface area contributed by atoms with E-state index in [1.165, 1.54) is 25.7 Å². The van der Waals surface area contributed by atoms with E-state index in [0.717, 1.165) is 0 Å². The molecule has 0 fully saturated rings. The van der Waals surface area contributed by atoms with E-state index in [2.05, 4.69) is 96.9 Å². The van der Waals surface area contributed by atoms with Crippen LogP contribution in [0.15, 0.2) is 0 Å². The van der Waals surface area contributed by atoms with Gasteiger partial charge in [-0.3, -0.25) is 0 Å². The van der Waals surface area contributed by atoms with Gasteiger partial charge in [0.05, 0.1) is 11.2 Å². The molecule has 0 atom stereocenters. The maximum absolute atomic E-state index is 7.02. The Morgan fingerprint density at radius 3 is 0.920 bits per heavy atom. The predicted molar refractivity (Wildman–Crippen MR) is 114 cm³/mol. The zero-order chi connectivity index (χ0) is 20.5. The molecule has 1 nitrogen and oxygen atoms in total. The Kier molecular flexibility index (Phi) is 7.52. The molecule has 0 bridgehead atoms. The first kappa shape index (κ1) is 25.0. The third-order valence-electron chi connectivity index (χ3n) is 8.65. The van der Waals surface area contributed by atoms with Crippen molar-refractivity contribution in [1.82, 2.24) is 0 Å². The van der Waals surface area contributed by atoms with Crippen molar-refractivity contribution in [2.45, 2.75) is 134 Å². The minimum Gasteiger partial charge on any atom is -0.369 e. The van der Waals surface area contributed by atoms with Gasteiger partial charge in [0.15, 0.2) is 0 Å². The lowest BCUT2D eigenvalue weighted by atomic mass is 9.56. The molecule has 0 aliphatic carbocycles. The molecule has 25 heavy (non-hydrogen) atoms. The number of ether oxygens (including phenoxy) is 1. The average molecular weight is 355 g/mol. The molecule has 0 aromatic rings. The van der Waals surface area contributed by atoms with E-state index in [9.17, 15) is 0 Å². The van der Waals surface area contributed by atoms with Crippen molar-refractivity contribution in [2.75, 3.05) is 0 Å². The number of rotatable bonds is 10. The highest BCUT2D eigenvalue weighted by atomic mass is 16.5. The standard InChI is InChI=1S/C24H50O/c1-15-17-19(3,4)21(7,8)23(11,12)25-24(13,14)22(9,10)20(5,6)18-16-2/h15-18H2,1-14H3. The molecule has 0 aromatic heterocycles. The van der Waals surface area contributed by atoms with Crippen molar-refractivity contribution < 1.29 is 4.74 Å². The summed E-state index contributed by atoms with van der Waals surface area (Å²) >= 11 is 0. The topological polar surface area (TPSA) is 9.23 Å². The summed E-state index contributed by atoms with van der Waals surface area (Å²) in [6, 6.07) is 0. The fourth-order valence-electron chi connectivity index (χ4n) is 4.40. The van der Waals surface area contributed by atoms with E-state index < -0.39 is 0 Å². The van der Waals surface area contributed by atoms with Gasteiger partial charge in [0.25, 0.3) is 0 Å². The molecule has 0 rings (SSSR count). The Hall–Kier alpha value is -0.0400. The van der Waals surface area contributed by atoms with E-state index >= 15 is 0 Å². The first-order valence-electron chi connectivity index (χ1n) is 10.5. The fourth-order valence-corrected chi connectivity index (χ4v) is 4.40. The van der Waals surface area contributed by atoms with E-state index in [-0.39, 0.29) is 32.9 Å². The van der Waals surface area contributed by atoms with Crippen LogP contribution >= 0.6 is 0 Å². The lowest BCUT2D eigenvalue weighted by Crippen LogP contribution is -2.59. The summed E-state index contributed by atoms with van der Waals surface area (Å²) < 4.78 is 7.02. The molecule has 0 saturated heterocycles. The summed E-state index contributed by atoms with van der Waals surface area (Å²) in [5.74, 6) is 0. The van der Waals surface area contributed by atoms with Crippen molar-refractivity contribution >= 4 is 0 Å². The Bertz CT molecular complexity index is 381. The summed E-state index contributed by atoms with van der Waals surface area (Å²) in [4.78, 5) is 0. The van der Waals surface area contributed by atoms with Crippen LogP contribution in [0.4, 0.5) is 0 Å². The van der Waals surface area contributed by atoms with Crippen LogP contribution in [-0.4, -0.2) is 11.2 Å². The molecule has 0 N–H and O–H groups in total. The summed E-state index contributed by atoms with van der Waals surface area (Å²) in [5.41, 5.74) is 0.162. The molecular weight excluding hydrogens is 304 g/mol. The second-order valence-corrected chi connectivity index (χ2v) is 11.6. The van der Waals surface area contributed by atoms with Gasteiger partial charge in [-0.1, -0.05) is 82.1 Å². The van der Waals surface area contributed by atoms with Gasteiger partial charge in [-0.25, -0.2) is 0 Å². The fraction of sp³-hybridized carbons (Fsp3) is 1.00. The van der Waals surface area contributed by atoms with E-state index in [1.807, 2.05) is 0 Å². The molecule has 152 valence electrons. The maximum Gasteiger partial charge on any atom is 0.0689 e. The highest BCUT2D eigenvalue weighted by molar-refractivity contribution is 5.03. The van der Waals surface area contributed by atoms with Crippen LogP contribution in [0.2, 0.25) is 0 Å². The summed E-state index contributed by atoms with van der Waals surface area (Å²) in [5, 5.41) is 0. The van der Waals surface area contributed by atoms with Crippen LogP contribution in [0.5, 0.6) is 0 Å². The average Bonchev–Trinajstić information content (AvgIpc) is 2.36. The van der Waals surface area contributed by atoms with Crippen molar-refractivity contribution in [3.05, 3.63) is 0 Å². The molecular formula is C24H50O. The third kappa shape index (κ3) is 4.63. The van der Waals surface area contributed by atoms with E-state index in [0.29, 0.717) is 0 Å².